The van der Waals surface area contributed by atoms with Crippen molar-refractivity contribution in [2.75, 3.05) is 20.7 Å². The molecule has 1 heterocycles. The third-order valence-corrected chi connectivity index (χ3v) is 3.41. The highest BCUT2D eigenvalue weighted by Crippen LogP contribution is 2.23. The maximum atomic E-state index is 12.0. The lowest BCUT2D eigenvalue weighted by atomic mass is 10.1. The van der Waals surface area contributed by atoms with Gasteiger partial charge in [0.15, 0.2) is 0 Å². The third kappa shape index (κ3) is 4.77. The van der Waals surface area contributed by atoms with Crippen LogP contribution >= 0.6 is 0 Å². The molecule has 0 aliphatic heterocycles. The predicted molar refractivity (Wildman–Crippen MR) is 84.6 cm³/mol. The van der Waals surface area contributed by atoms with Gasteiger partial charge in [-0.3, -0.25) is 4.98 Å². The van der Waals surface area contributed by atoms with Crippen molar-refractivity contribution >= 4 is 6.03 Å². The summed E-state index contributed by atoms with van der Waals surface area (Å²) in [6.45, 7) is 8.68. The van der Waals surface area contributed by atoms with Crippen LogP contribution < -0.4 is 10.1 Å². The number of carbonyl (C=O) groups excluding carboxylic acids is 1. The van der Waals surface area contributed by atoms with E-state index in [2.05, 4.69) is 16.9 Å². The van der Waals surface area contributed by atoms with Crippen molar-refractivity contribution in [3.63, 3.8) is 0 Å². The number of hydrogen-bond donors (Lipinski definition) is 1. The molecule has 1 aromatic heterocycles. The van der Waals surface area contributed by atoms with Gasteiger partial charge in [0.1, 0.15) is 5.75 Å². The van der Waals surface area contributed by atoms with Crippen LogP contribution in [0, 0.1) is 13.8 Å². The van der Waals surface area contributed by atoms with Crippen LogP contribution in [0.15, 0.2) is 18.9 Å². The van der Waals surface area contributed by atoms with Crippen LogP contribution in [-0.2, 0) is 6.54 Å². The fraction of sp³-hybridized carbons (Fsp3) is 0.500. The molecule has 0 atom stereocenters. The van der Waals surface area contributed by atoms with Crippen LogP contribution in [0.4, 0.5) is 4.79 Å². The lowest BCUT2D eigenvalue weighted by molar-refractivity contribution is 0.208. The largest absolute Gasteiger partial charge is 0.496 e. The van der Waals surface area contributed by atoms with Gasteiger partial charge < -0.3 is 15.0 Å². The Labute approximate surface area is 127 Å². The molecule has 0 unspecified atom stereocenters. The molecule has 5 heteroatoms. The van der Waals surface area contributed by atoms with Gasteiger partial charge in [-0.1, -0.05) is 6.08 Å². The average Bonchev–Trinajstić information content (AvgIpc) is 2.46. The van der Waals surface area contributed by atoms with Gasteiger partial charge in [0.25, 0.3) is 0 Å². The summed E-state index contributed by atoms with van der Waals surface area (Å²) in [4.78, 5) is 18.0. The van der Waals surface area contributed by atoms with Gasteiger partial charge in [-0.15, -0.1) is 6.58 Å². The van der Waals surface area contributed by atoms with E-state index in [1.165, 1.54) is 0 Å². The first-order valence-electron chi connectivity index (χ1n) is 7.10. The van der Waals surface area contributed by atoms with Gasteiger partial charge in [-0.05, 0) is 26.7 Å². The lowest BCUT2D eigenvalue weighted by Gasteiger charge is -2.18. The van der Waals surface area contributed by atoms with Crippen LogP contribution in [0.25, 0.3) is 0 Å². The Kier molecular flexibility index (Phi) is 6.72. The second-order valence-electron chi connectivity index (χ2n) is 5.06. The number of aromatic nitrogens is 1. The molecule has 1 N–H and O–H groups in total. The maximum absolute atomic E-state index is 12.0. The first-order chi connectivity index (χ1) is 10.0. The second kappa shape index (κ2) is 8.29. The van der Waals surface area contributed by atoms with E-state index in [4.69, 9.17) is 4.74 Å². The van der Waals surface area contributed by atoms with E-state index in [1.807, 2.05) is 19.9 Å². The summed E-state index contributed by atoms with van der Waals surface area (Å²) < 4.78 is 5.36. The summed E-state index contributed by atoms with van der Waals surface area (Å²) in [5.41, 5.74) is 2.78. The standard InChI is InChI=1S/C16H25N3O2/c1-6-7-8-9-19(4)16(20)18-11-14-13(3)15(21-5)12(2)10-17-14/h6,10H,1,7-9,11H2,2-5H3,(H,18,20). The zero-order valence-electron chi connectivity index (χ0n) is 13.4. The minimum absolute atomic E-state index is 0.0974. The number of methoxy groups -OCH3 is 1. The molecule has 1 aromatic rings. The molecule has 0 aliphatic carbocycles. The second-order valence-corrected chi connectivity index (χ2v) is 5.06. The highest BCUT2D eigenvalue weighted by Gasteiger charge is 2.12. The first-order valence-corrected chi connectivity index (χ1v) is 7.10. The Morgan fingerprint density at radius 1 is 1.52 bits per heavy atom. The molecule has 5 nitrogen and oxygen atoms in total. The summed E-state index contributed by atoms with van der Waals surface area (Å²) in [6.07, 6.45) is 5.45. The molecule has 0 aliphatic rings. The van der Waals surface area contributed by atoms with Crippen molar-refractivity contribution in [1.29, 1.82) is 0 Å². The van der Waals surface area contributed by atoms with E-state index >= 15 is 0 Å². The zero-order chi connectivity index (χ0) is 15.8. The Morgan fingerprint density at radius 2 is 2.24 bits per heavy atom. The number of allylic oxidation sites excluding steroid dienone is 1. The molecule has 0 fully saturated rings. The monoisotopic (exact) mass is 291 g/mol. The maximum Gasteiger partial charge on any atom is 0.317 e. The Hall–Kier alpha value is -2.04. The summed E-state index contributed by atoms with van der Waals surface area (Å²) >= 11 is 0. The molecule has 0 spiro atoms. The molecule has 1 rings (SSSR count). The molecule has 0 aromatic carbocycles. The molecule has 116 valence electrons. The van der Waals surface area contributed by atoms with Crippen molar-refractivity contribution in [3.05, 3.63) is 35.7 Å². The van der Waals surface area contributed by atoms with E-state index in [0.717, 1.165) is 35.4 Å². The average molecular weight is 291 g/mol. The molecular formula is C16H25N3O2. The summed E-state index contributed by atoms with van der Waals surface area (Å²) in [6, 6.07) is -0.0974. The smallest absolute Gasteiger partial charge is 0.317 e. The van der Waals surface area contributed by atoms with E-state index < -0.39 is 0 Å². The van der Waals surface area contributed by atoms with Crippen molar-refractivity contribution in [2.45, 2.75) is 33.2 Å². The Morgan fingerprint density at radius 3 is 2.86 bits per heavy atom. The SMILES string of the molecule is C=CCCCN(C)C(=O)NCc1ncc(C)c(OC)c1C. The normalized spacial score (nSPS) is 10.1. The first kappa shape index (κ1) is 17.0. The number of carbonyl (C=O) groups is 1. The summed E-state index contributed by atoms with van der Waals surface area (Å²) in [5.74, 6) is 0.827. The van der Waals surface area contributed by atoms with Crippen LogP contribution in [0.5, 0.6) is 5.75 Å². The Bertz CT molecular complexity index is 501. The summed E-state index contributed by atoms with van der Waals surface area (Å²) in [7, 11) is 3.43. The van der Waals surface area contributed by atoms with Crippen LogP contribution in [0.1, 0.15) is 29.7 Å². The molecular weight excluding hydrogens is 266 g/mol. The number of nitrogens with one attached hydrogen (secondary N) is 1. The highest BCUT2D eigenvalue weighted by atomic mass is 16.5. The minimum Gasteiger partial charge on any atom is -0.496 e. The summed E-state index contributed by atoms with van der Waals surface area (Å²) in [5, 5.41) is 2.88. The van der Waals surface area contributed by atoms with Crippen LogP contribution in [-0.4, -0.2) is 36.6 Å². The van der Waals surface area contributed by atoms with Crippen molar-refractivity contribution in [3.8, 4) is 5.75 Å². The van der Waals surface area contributed by atoms with Crippen molar-refractivity contribution < 1.29 is 9.53 Å². The van der Waals surface area contributed by atoms with Crippen LogP contribution in [0.2, 0.25) is 0 Å². The number of nitrogens with zero attached hydrogens (tertiary/aromatic N) is 2. The van der Waals surface area contributed by atoms with Crippen LogP contribution in [0.3, 0.4) is 0 Å². The number of aryl methyl sites for hydroxylation is 1. The third-order valence-electron chi connectivity index (χ3n) is 3.41. The van der Waals surface area contributed by atoms with Gasteiger partial charge in [-0.2, -0.15) is 0 Å². The predicted octanol–water partition coefficient (Wildman–Crippen LogP) is 2.81. The van der Waals surface area contributed by atoms with E-state index in [0.29, 0.717) is 13.1 Å². The van der Waals surface area contributed by atoms with Gasteiger partial charge in [0, 0.05) is 30.9 Å². The van der Waals surface area contributed by atoms with Gasteiger partial charge in [0.2, 0.25) is 0 Å². The minimum atomic E-state index is -0.0974. The molecule has 0 radical (unpaired) electrons. The molecule has 0 saturated carbocycles. The van der Waals surface area contributed by atoms with E-state index in [9.17, 15) is 4.79 Å². The van der Waals surface area contributed by atoms with E-state index in [1.54, 1.807) is 25.3 Å². The number of hydrogen-bond acceptors (Lipinski definition) is 3. The van der Waals surface area contributed by atoms with Gasteiger partial charge in [-0.25, -0.2) is 4.79 Å². The molecule has 0 saturated heterocycles. The quantitative estimate of drug-likeness (QED) is 0.621. The number of rotatable bonds is 7. The van der Waals surface area contributed by atoms with Gasteiger partial charge >= 0.3 is 6.03 Å². The fourth-order valence-corrected chi connectivity index (χ4v) is 2.12. The van der Waals surface area contributed by atoms with E-state index in [-0.39, 0.29) is 6.03 Å². The highest BCUT2D eigenvalue weighted by molar-refractivity contribution is 5.73. The number of unbranched alkanes of at least 4 members (excludes halogenated alkanes) is 1. The molecule has 21 heavy (non-hydrogen) atoms. The lowest BCUT2D eigenvalue weighted by Crippen LogP contribution is -2.37. The number of amides is 2. The molecule has 0 bridgehead atoms. The van der Waals surface area contributed by atoms with Crippen molar-refractivity contribution in [1.82, 2.24) is 15.2 Å². The Balaban J connectivity index is 2.59. The fourth-order valence-electron chi connectivity index (χ4n) is 2.12. The number of pyridine rings is 1. The zero-order valence-corrected chi connectivity index (χ0v) is 13.4. The topological polar surface area (TPSA) is 54.5 Å². The van der Waals surface area contributed by atoms with Gasteiger partial charge in [0.05, 0.1) is 19.3 Å². The number of urea groups is 1. The van der Waals surface area contributed by atoms with Crippen molar-refractivity contribution in [2.24, 2.45) is 0 Å². The number of ether oxygens (including phenoxy) is 1. The molecule has 2 amide bonds.